The van der Waals surface area contributed by atoms with Gasteiger partial charge in [0.25, 0.3) is 0 Å². The third-order valence-electron chi connectivity index (χ3n) is 2.97. The minimum atomic E-state index is -3.38. The molecule has 1 aliphatic carbocycles. The van der Waals surface area contributed by atoms with Crippen molar-refractivity contribution < 1.29 is 8.42 Å². The van der Waals surface area contributed by atoms with Gasteiger partial charge in [0.1, 0.15) is 4.21 Å². The number of thioether (sulfide) groups is 1. The summed E-state index contributed by atoms with van der Waals surface area (Å²) in [5, 5.41) is 2.25. The number of nitrogens with one attached hydrogen (secondary N) is 1. The number of thiophene rings is 1. The Morgan fingerprint density at radius 2 is 2.33 bits per heavy atom. The summed E-state index contributed by atoms with van der Waals surface area (Å²) in [5.41, 5.74) is 6.07. The zero-order valence-electron chi connectivity index (χ0n) is 10.3. The molecule has 0 spiro atoms. The first-order chi connectivity index (χ1) is 8.51. The summed E-state index contributed by atoms with van der Waals surface area (Å²) in [6.07, 6.45) is 2.95. The van der Waals surface area contributed by atoms with Crippen LogP contribution in [0.2, 0.25) is 0 Å². The molecule has 0 aromatic carbocycles. The van der Waals surface area contributed by atoms with Gasteiger partial charge in [-0.1, -0.05) is 6.92 Å². The molecule has 7 heteroatoms. The highest BCUT2D eigenvalue weighted by Crippen LogP contribution is 2.31. The van der Waals surface area contributed by atoms with E-state index in [-0.39, 0.29) is 6.04 Å². The van der Waals surface area contributed by atoms with E-state index in [2.05, 4.69) is 11.6 Å². The van der Waals surface area contributed by atoms with E-state index in [4.69, 9.17) is 5.73 Å². The monoisotopic (exact) mass is 306 g/mol. The van der Waals surface area contributed by atoms with Crippen LogP contribution in [0.4, 0.5) is 5.69 Å². The number of hydrogen-bond acceptors (Lipinski definition) is 5. The summed E-state index contributed by atoms with van der Waals surface area (Å²) >= 11 is 3.09. The largest absolute Gasteiger partial charge is 0.398 e. The number of sulfonamides is 1. The van der Waals surface area contributed by atoms with Gasteiger partial charge in [-0.15, -0.1) is 11.3 Å². The van der Waals surface area contributed by atoms with Gasteiger partial charge < -0.3 is 5.73 Å². The smallest absolute Gasteiger partial charge is 0.250 e. The van der Waals surface area contributed by atoms with Crippen molar-refractivity contribution in [1.29, 1.82) is 0 Å². The van der Waals surface area contributed by atoms with Crippen molar-refractivity contribution in [3.63, 3.8) is 0 Å². The van der Waals surface area contributed by atoms with E-state index in [1.54, 1.807) is 5.38 Å². The lowest BCUT2D eigenvalue weighted by atomic mass is 10.3. The van der Waals surface area contributed by atoms with Gasteiger partial charge in [0.2, 0.25) is 10.0 Å². The second-order valence-electron chi connectivity index (χ2n) is 4.41. The summed E-state index contributed by atoms with van der Waals surface area (Å²) in [4.78, 5) is 0. The Hall–Kier alpha value is -0.240. The van der Waals surface area contributed by atoms with Crippen LogP contribution in [-0.4, -0.2) is 25.5 Å². The second-order valence-corrected chi connectivity index (χ2v) is 8.84. The fraction of sp³-hybridized carbons (Fsp3) is 0.636. The van der Waals surface area contributed by atoms with E-state index in [9.17, 15) is 8.42 Å². The molecule has 2 unspecified atom stereocenters. The number of nitrogens with two attached hydrogens (primary N) is 1. The summed E-state index contributed by atoms with van der Waals surface area (Å²) in [7, 11) is -3.38. The summed E-state index contributed by atoms with van der Waals surface area (Å²) in [6.45, 7) is 2.14. The zero-order valence-corrected chi connectivity index (χ0v) is 12.7. The molecule has 0 aliphatic heterocycles. The topological polar surface area (TPSA) is 72.2 Å². The Bertz CT molecular complexity index is 498. The van der Waals surface area contributed by atoms with Gasteiger partial charge in [0, 0.05) is 22.4 Å². The van der Waals surface area contributed by atoms with Gasteiger partial charge >= 0.3 is 0 Å². The quantitative estimate of drug-likeness (QED) is 0.875. The Morgan fingerprint density at radius 3 is 2.94 bits per heavy atom. The fourth-order valence-electron chi connectivity index (χ4n) is 2.18. The predicted octanol–water partition coefficient (Wildman–Crippen LogP) is 2.28. The second kappa shape index (κ2) is 5.81. The van der Waals surface area contributed by atoms with Gasteiger partial charge in [0.15, 0.2) is 0 Å². The van der Waals surface area contributed by atoms with Gasteiger partial charge in [-0.05, 0) is 31.1 Å². The van der Waals surface area contributed by atoms with E-state index >= 15 is 0 Å². The van der Waals surface area contributed by atoms with Crippen LogP contribution in [0.15, 0.2) is 15.7 Å². The summed E-state index contributed by atoms with van der Waals surface area (Å²) < 4.78 is 27.3. The third-order valence-corrected chi connectivity index (χ3v) is 7.18. The molecule has 2 rings (SSSR count). The molecular formula is C11H18N2O2S3. The van der Waals surface area contributed by atoms with Crippen molar-refractivity contribution in [1.82, 2.24) is 4.72 Å². The molecular weight excluding hydrogens is 288 g/mol. The average Bonchev–Trinajstić information content (AvgIpc) is 2.88. The van der Waals surface area contributed by atoms with Crippen LogP contribution in [0, 0.1) is 0 Å². The Labute approximate surface area is 116 Å². The minimum Gasteiger partial charge on any atom is -0.398 e. The Kier molecular flexibility index (Phi) is 4.58. The van der Waals surface area contributed by atoms with Crippen LogP contribution >= 0.6 is 23.1 Å². The molecule has 1 heterocycles. The van der Waals surface area contributed by atoms with Gasteiger partial charge in [-0.25, -0.2) is 13.1 Å². The molecule has 3 N–H and O–H groups in total. The van der Waals surface area contributed by atoms with E-state index in [0.29, 0.717) is 15.1 Å². The zero-order chi connectivity index (χ0) is 13.2. The number of nitrogen functional groups attached to an aromatic ring is 1. The lowest BCUT2D eigenvalue weighted by Gasteiger charge is -2.12. The minimum absolute atomic E-state index is 0.0716. The maximum Gasteiger partial charge on any atom is 0.250 e. The van der Waals surface area contributed by atoms with Crippen molar-refractivity contribution in [3.05, 3.63) is 11.4 Å². The Balaban J connectivity index is 1.98. The van der Waals surface area contributed by atoms with Gasteiger partial charge in [0.05, 0.1) is 0 Å². The molecule has 0 radical (unpaired) electrons. The lowest BCUT2D eigenvalue weighted by molar-refractivity contribution is 0.554. The number of anilines is 1. The highest BCUT2D eigenvalue weighted by Gasteiger charge is 2.29. The summed E-state index contributed by atoms with van der Waals surface area (Å²) in [6, 6.07) is 1.59. The molecule has 1 aliphatic rings. The van der Waals surface area contributed by atoms with Crippen LogP contribution < -0.4 is 10.5 Å². The van der Waals surface area contributed by atoms with E-state index in [1.165, 1.54) is 17.4 Å². The predicted molar refractivity (Wildman–Crippen MR) is 78.6 cm³/mol. The lowest BCUT2D eigenvalue weighted by Crippen LogP contribution is -2.32. The van der Waals surface area contributed by atoms with E-state index in [1.807, 2.05) is 11.8 Å². The average molecular weight is 306 g/mol. The normalized spacial score (nSPS) is 24.5. The molecule has 1 aromatic heterocycles. The molecule has 0 bridgehead atoms. The summed E-state index contributed by atoms with van der Waals surface area (Å²) in [5.74, 6) is 1.09. The van der Waals surface area contributed by atoms with Gasteiger partial charge in [-0.3, -0.25) is 0 Å². The molecule has 4 nitrogen and oxygen atoms in total. The van der Waals surface area contributed by atoms with Crippen molar-refractivity contribution >= 4 is 38.8 Å². The van der Waals surface area contributed by atoms with Crippen molar-refractivity contribution in [3.8, 4) is 0 Å². The van der Waals surface area contributed by atoms with Crippen LogP contribution in [0.1, 0.15) is 26.2 Å². The molecule has 102 valence electrons. The van der Waals surface area contributed by atoms with Crippen LogP contribution in [0.5, 0.6) is 0 Å². The molecule has 18 heavy (non-hydrogen) atoms. The SMILES string of the molecule is CCSC1CCC(NS(=O)(=O)c2cc(N)cs2)C1. The first-order valence-electron chi connectivity index (χ1n) is 5.99. The van der Waals surface area contributed by atoms with Crippen LogP contribution in [0.25, 0.3) is 0 Å². The fourth-order valence-corrected chi connectivity index (χ4v) is 5.71. The molecule has 2 atom stereocenters. The highest BCUT2D eigenvalue weighted by atomic mass is 32.2. The van der Waals surface area contributed by atoms with Crippen molar-refractivity contribution in [2.45, 2.75) is 41.7 Å². The van der Waals surface area contributed by atoms with Crippen molar-refractivity contribution in [2.75, 3.05) is 11.5 Å². The van der Waals surface area contributed by atoms with Crippen molar-refractivity contribution in [2.24, 2.45) is 0 Å². The van der Waals surface area contributed by atoms with E-state index in [0.717, 1.165) is 25.0 Å². The van der Waals surface area contributed by atoms with Crippen LogP contribution in [0.3, 0.4) is 0 Å². The highest BCUT2D eigenvalue weighted by molar-refractivity contribution is 7.99. The van der Waals surface area contributed by atoms with Gasteiger partial charge in [-0.2, -0.15) is 11.8 Å². The maximum atomic E-state index is 12.1. The first kappa shape index (κ1) is 14.2. The molecule has 1 fully saturated rings. The Morgan fingerprint density at radius 1 is 1.56 bits per heavy atom. The first-order valence-corrected chi connectivity index (χ1v) is 9.40. The van der Waals surface area contributed by atoms with Crippen LogP contribution in [-0.2, 0) is 10.0 Å². The van der Waals surface area contributed by atoms with E-state index < -0.39 is 10.0 Å². The molecule has 1 aromatic rings. The molecule has 0 saturated heterocycles. The third kappa shape index (κ3) is 3.40. The number of hydrogen-bond donors (Lipinski definition) is 2. The standard InChI is InChI=1S/C11H18N2O2S3/c1-2-16-10-4-3-9(6-10)13-18(14,15)11-5-8(12)7-17-11/h5,7,9-10,13H,2-4,6,12H2,1H3. The molecule has 1 saturated carbocycles. The number of rotatable bonds is 5. The maximum absolute atomic E-state index is 12.1. The molecule has 0 amide bonds.